The first-order valence-electron chi connectivity index (χ1n) is 8.76. The monoisotopic (exact) mass is 425 g/mol. The number of carbonyl (C=O) groups is 2. The highest BCUT2D eigenvalue weighted by Crippen LogP contribution is 2.10. The molecule has 28 heavy (non-hydrogen) atoms. The molecule has 0 aliphatic carbocycles. The van der Waals surface area contributed by atoms with E-state index in [-0.39, 0.29) is 29.6 Å². The SMILES string of the molecule is CCn1c(CCNC(=O)CCNS(=O)(=O)c2ccc(C(C)=O)cc2)n[nH]c1=S. The van der Waals surface area contributed by atoms with Gasteiger partial charge in [0.1, 0.15) is 5.82 Å². The Bertz CT molecular complexity index is 993. The number of ketones is 1. The Hall–Kier alpha value is -2.37. The van der Waals surface area contributed by atoms with Gasteiger partial charge in [-0.15, -0.1) is 0 Å². The molecule has 3 N–H and O–H groups in total. The van der Waals surface area contributed by atoms with E-state index in [0.717, 1.165) is 5.82 Å². The van der Waals surface area contributed by atoms with Gasteiger partial charge in [-0.05, 0) is 38.2 Å². The molecule has 0 aliphatic heterocycles. The predicted octanol–water partition coefficient (Wildman–Crippen LogP) is 1.19. The van der Waals surface area contributed by atoms with Crippen molar-refractivity contribution in [3.05, 3.63) is 40.4 Å². The fourth-order valence-corrected chi connectivity index (χ4v) is 3.83. The van der Waals surface area contributed by atoms with Crippen LogP contribution < -0.4 is 10.0 Å². The second-order valence-electron chi connectivity index (χ2n) is 6.02. The van der Waals surface area contributed by atoms with Gasteiger partial charge in [0, 0.05) is 38.0 Å². The second kappa shape index (κ2) is 9.71. The second-order valence-corrected chi connectivity index (χ2v) is 8.17. The summed E-state index contributed by atoms with van der Waals surface area (Å²) in [6, 6.07) is 5.63. The van der Waals surface area contributed by atoms with Gasteiger partial charge in [-0.3, -0.25) is 14.7 Å². The zero-order chi connectivity index (χ0) is 20.7. The highest BCUT2D eigenvalue weighted by molar-refractivity contribution is 7.89. The summed E-state index contributed by atoms with van der Waals surface area (Å²) in [6.07, 6.45) is 0.520. The van der Waals surface area contributed by atoms with Crippen LogP contribution in [0.15, 0.2) is 29.2 Å². The Kier molecular flexibility index (Phi) is 7.61. The molecule has 0 atom stereocenters. The van der Waals surface area contributed by atoms with Crippen molar-refractivity contribution in [2.45, 2.75) is 38.1 Å². The Morgan fingerprint density at radius 1 is 1.21 bits per heavy atom. The van der Waals surface area contributed by atoms with Gasteiger partial charge < -0.3 is 9.88 Å². The highest BCUT2D eigenvalue weighted by Gasteiger charge is 2.14. The Morgan fingerprint density at radius 2 is 1.89 bits per heavy atom. The van der Waals surface area contributed by atoms with E-state index in [4.69, 9.17) is 12.2 Å². The molecule has 1 aromatic carbocycles. The number of benzene rings is 1. The van der Waals surface area contributed by atoms with Gasteiger partial charge in [0.05, 0.1) is 4.90 Å². The molecule has 0 fully saturated rings. The molecule has 0 spiro atoms. The van der Waals surface area contributed by atoms with E-state index in [1.54, 1.807) is 0 Å². The maximum Gasteiger partial charge on any atom is 0.240 e. The van der Waals surface area contributed by atoms with E-state index in [2.05, 4.69) is 20.2 Å². The number of nitrogens with one attached hydrogen (secondary N) is 3. The topological polar surface area (TPSA) is 126 Å². The molecular weight excluding hydrogens is 402 g/mol. The van der Waals surface area contributed by atoms with Crippen LogP contribution in [-0.2, 0) is 27.8 Å². The van der Waals surface area contributed by atoms with Crippen LogP contribution >= 0.6 is 12.2 Å². The van der Waals surface area contributed by atoms with E-state index in [1.807, 2.05) is 11.5 Å². The van der Waals surface area contributed by atoms with E-state index in [1.165, 1.54) is 31.2 Å². The summed E-state index contributed by atoms with van der Waals surface area (Å²) < 4.78 is 29.2. The highest BCUT2D eigenvalue weighted by atomic mass is 32.2. The molecule has 0 saturated heterocycles. The largest absolute Gasteiger partial charge is 0.356 e. The minimum Gasteiger partial charge on any atom is -0.356 e. The molecule has 0 radical (unpaired) electrons. The van der Waals surface area contributed by atoms with Crippen molar-refractivity contribution in [1.82, 2.24) is 24.8 Å². The Balaban J connectivity index is 1.77. The summed E-state index contributed by atoms with van der Waals surface area (Å²) in [6.45, 7) is 4.39. The van der Waals surface area contributed by atoms with Crippen LogP contribution in [0.5, 0.6) is 0 Å². The maximum absolute atomic E-state index is 12.2. The number of nitrogens with zero attached hydrogens (tertiary/aromatic N) is 2. The van der Waals surface area contributed by atoms with Crippen LogP contribution in [0.2, 0.25) is 0 Å². The molecule has 0 bridgehead atoms. The fourth-order valence-electron chi connectivity index (χ4n) is 2.52. The summed E-state index contributed by atoms with van der Waals surface area (Å²) in [5.41, 5.74) is 0.433. The minimum absolute atomic E-state index is 0.00535. The minimum atomic E-state index is -3.74. The standard InChI is InChI=1S/C17H23N5O4S2/c1-3-22-15(20-21-17(22)27)8-10-18-16(24)9-11-19-28(25,26)14-6-4-13(5-7-14)12(2)23/h4-7,19H,3,8-11H2,1-2H3,(H,18,24)(H,21,27). The number of amides is 1. The van der Waals surface area contributed by atoms with Crippen LogP contribution in [0.4, 0.5) is 0 Å². The van der Waals surface area contributed by atoms with Gasteiger partial charge in [0.15, 0.2) is 10.6 Å². The van der Waals surface area contributed by atoms with E-state index < -0.39 is 10.0 Å². The predicted molar refractivity (Wildman–Crippen MR) is 106 cm³/mol. The lowest BCUT2D eigenvalue weighted by Crippen LogP contribution is -2.32. The van der Waals surface area contributed by atoms with Crippen molar-refractivity contribution in [2.24, 2.45) is 0 Å². The van der Waals surface area contributed by atoms with Crippen molar-refractivity contribution >= 4 is 33.9 Å². The number of H-pyrrole nitrogens is 1. The molecule has 1 heterocycles. The number of aromatic nitrogens is 3. The van der Waals surface area contributed by atoms with Crippen molar-refractivity contribution in [2.75, 3.05) is 13.1 Å². The molecular formula is C17H23N5O4S2. The lowest BCUT2D eigenvalue weighted by Gasteiger charge is -2.08. The van der Waals surface area contributed by atoms with E-state index in [0.29, 0.717) is 29.8 Å². The smallest absolute Gasteiger partial charge is 0.240 e. The third kappa shape index (κ3) is 5.81. The third-order valence-corrected chi connectivity index (χ3v) is 5.83. The number of aromatic amines is 1. The molecule has 2 rings (SSSR count). The van der Waals surface area contributed by atoms with Gasteiger partial charge in [-0.25, -0.2) is 13.1 Å². The number of Topliss-reactive ketones (excluding diaryl/α,β-unsaturated/α-hetero) is 1. The molecule has 0 saturated carbocycles. The van der Waals surface area contributed by atoms with Crippen LogP contribution in [0, 0.1) is 4.77 Å². The first-order chi connectivity index (χ1) is 13.2. The normalized spacial score (nSPS) is 11.4. The quantitative estimate of drug-likeness (QED) is 0.388. The summed E-state index contributed by atoms with van der Waals surface area (Å²) in [4.78, 5) is 23.2. The lowest BCUT2D eigenvalue weighted by atomic mass is 10.2. The molecule has 0 aliphatic rings. The molecule has 9 nitrogen and oxygen atoms in total. The van der Waals surface area contributed by atoms with E-state index >= 15 is 0 Å². The summed E-state index contributed by atoms with van der Waals surface area (Å²) in [7, 11) is -3.74. The number of sulfonamides is 1. The molecule has 1 aromatic heterocycles. The average molecular weight is 426 g/mol. The van der Waals surface area contributed by atoms with Gasteiger partial charge in [0.2, 0.25) is 15.9 Å². The number of rotatable bonds is 10. The van der Waals surface area contributed by atoms with Gasteiger partial charge in [0.25, 0.3) is 0 Å². The molecule has 2 aromatic rings. The summed E-state index contributed by atoms with van der Waals surface area (Å²) in [5.74, 6) is 0.339. The van der Waals surface area contributed by atoms with Crippen LogP contribution in [-0.4, -0.2) is 48.0 Å². The molecule has 0 unspecified atom stereocenters. The fraction of sp³-hybridized carbons (Fsp3) is 0.412. The molecule has 1 amide bonds. The zero-order valence-electron chi connectivity index (χ0n) is 15.7. The van der Waals surface area contributed by atoms with Gasteiger partial charge >= 0.3 is 0 Å². The summed E-state index contributed by atoms with van der Waals surface area (Å²) in [5, 5.41) is 9.55. The van der Waals surface area contributed by atoms with Crippen LogP contribution in [0.3, 0.4) is 0 Å². The first kappa shape index (κ1) is 21.9. The van der Waals surface area contributed by atoms with Crippen molar-refractivity contribution in [3.8, 4) is 0 Å². The van der Waals surface area contributed by atoms with Gasteiger partial charge in [-0.2, -0.15) is 5.10 Å². The molecule has 152 valence electrons. The van der Waals surface area contributed by atoms with E-state index in [9.17, 15) is 18.0 Å². The Labute approximate surface area is 168 Å². The van der Waals surface area contributed by atoms with Gasteiger partial charge in [-0.1, -0.05) is 12.1 Å². The van der Waals surface area contributed by atoms with Crippen LogP contribution in [0.1, 0.15) is 36.5 Å². The van der Waals surface area contributed by atoms with Crippen molar-refractivity contribution in [1.29, 1.82) is 0 Å². The number of carbonyl (C=O) groups excluding carboxylic acids is 2. The average Bonchev–Trinajstić information content (AvgIpc) is 3.01. The number of hydrogen-bond donors (Lipinski definition) is 3. The van der Waals surface area contributed by atoms with Crippen molar-refractivity contribution < 1.29 is 18.0 Å². The zero-order valence-corrected chi connectivity index (χ0v) is 17.3. The first-order valence-corrected chi connectivity index (χ1v) is 10.6. The third-order valence-electron chi connectivity index (χ3n) is 4.04. The van der Waals surface area contributed by atoms with Crippen LogP contribution in [0.25, 0.3) is 0 Å². The van der Waals surface area contributed by atoms with Crippen molar-refractivity contribution in [3.63, 3.8) is 0 Å². The lowest BCUT2D eigenvalue weighted by molar-refractivity contribution is -0.120. The number of hydrogen-bond acceptors (Lipinski definition) is 6. The molecule has 11 heteroatoms. The maximum atomic E-state index is 12.2. The summed E-state index contributed by atoms with van der Waals surface area (Å²) >= 11 is 5.10. The Morgan fingerprint density at radius 3 is 2.50 bits per heavy atom.